The first-order chi connectivity index (χ1) is 28.2. The van der Waals surface area contributed by atoms with Crippen LogP contribution in [0.4, 0.5) is 34.4 Å². The third-order valence-corrected chi connectivity index (χ3v) is 10.8. The summed E-state index contributed by atoms with van der Waals surface area (Å²) < 4.78 is 0. The van der Waals surface area contributed by atoms with Crippen LogP contribution < -0.4 is 20.4 Å². The predicted molar refractivity (Wildman–Crippen MR) is 230 cm³/mol. The summed E-state index contributed by atoms with van der Waals surface area (Å²) in [6, 6.07) is 30.7. The molecule has 0 bridgehead atoms. The van der Waals surface area contributed by atoms with Gasteiger partial charge in [-0.3, -0.25) is 4.98 Å². The zero-order valence-corrected chi connectivity index (χ0v) is 31.6. The van der Waals surface area contributed by atoms with E-state index in [1.807, 2.05) is 59.5 Å². The van der Waals surface area contributed by atoms with E-state index in [0.717, 1.165) is 77.4 Å². The van der Waals surface area contributed by atoms with E-state index >= 15 is 0 Å². The van der Waals surface area contributed by atoms with Crippen LogP contribution in [0.5, 0.6) is 0 Å². The molecule has 3 aromatic heterocycles. The number of rotatable bonds is 9. The van der Waals surface area contributed by atoms with Crippen LogP contribution in [0.2, 0.25) is 0 Å². The Hall–Kier alpha value is -6.95. The molecule has 8 heterocycles. The maximum absolute atomic E-state index is 5.21. The summed E-state index contributed by atoms with van der Waals surface area (Å²) in [6.07, 6.45) is 16.9. The monoisotopic (exact) mass is 750 g/mol. The molecule has 2 saturated heterocycles. The van der Waals surface area contributed by atoms with Crippen molar-refractivity contribution in [3.8, 4) is 0 Å². The third kappa shape index (κ3) is 7.17. The normalized spacial score (nSPS) is 17.6. The minimum Gasteiger partial charge on any atom is -0.371 e. The average Bonchev–Trinajstić information content (AvgIpc) is 3.28. The van der Waals surface area contributed by atoms with E-state index in [4.69, 9.17) is 20.0 Å². The maximum Gasteiger partial charge on any atom is 0.239 e. The molecule has 12 heteroatoms. The Bertz CT molecular complexity index is 2370. The van der Waals surface area contributed by atoms with E-state index in [9.17, 15) is 0 Å². The number of piperidine rings is 2. The molecule has 0 aliphatic carbocycles. The summed E-state index contributed by atoms with van der Waals surface area (Å²) in [4.78, 5) is 41.1. The summed E-state index contributed by atoms with van der Waals surface area (Å²) >= 11 is 0. The van der Waals surface area contributed by atoms with Gasteiger partial charge in [0.05, 0.1) is 28.5 Å². The van der Waals surface area contributed by atoms with Gasteiger partial charge in [-0.15, -0.1) is 0 Å². The Morgan fingerprint density at radius 1 is 0.491 bits per heavy atom. The fourth-order valence-corrected chi connectivity index (χ4v) is 7.97. The maximum atomic E-state index is 5.21. The van der Waals surface area contributed by atoms with Gasteiger partial charge in [0.2, 0.25) is 11.9 Å². The SMILES string of the molecule is C1=C(c2ccc(N3CCCCC3)cc2Nc2ccccn2)N=C2N=C(c3ccccn3)N=C3N=C(c4ccc(N5CCCCC5)cc4Nc4ccccn4)C=C1N23. The number of nitrogens with one attached hydrogen (secondary N) is 2. The van der Waals surface area contributed by atoms with E-state index in [0.29, 0.717) is 23.4 Å². The van der Waals surface area contributed by atoms with E-state index in [1.165, 1.54) is 49.9 Å². The van der Waals surface area contributed by atoms with Crippen LogP contribution in [0.3, 0.4) is 0 Å². The highest BCUT2D eigenvalue weighted by Crippen LogP contribution is 2.38. The summed E-state index contributed by atoms with van der Waals surface area (Å²) in [5.74, 6) is 2.92. The summed E-state index contributed by atoms with van der Waals surface area (Å²) in [5.41, 5.74) is 9.07. The van der Waals surface area contributed by atoms with Gasteiger partial charge in [0.25, 0.3) is 0 Å². The molecule has 0 spiro atoms. The van der Waals surface area contributed by atoms with Crippen LogP contribution in [0.25, 0.3) is 5.70 Å². The Kier molecular flexibility index (Phi) is 9.27. The minimum atomic E-state index is 0.450. The molecule has 0 atom stereocenters. The molecule has 2 aromatic carbocycles. The molecule has 5 aliphatic rings. The first-order valence-electron chi connectivity index (χ1n) is 19.9. The van der Waals surface area contributed by atoms with Gasteiger partial charge >= 0.3 is 0 Å². The van der Waals surface area contributed by atoms with E-state index in [-0.39, 0.29) is 0 Å². The molecule has 5 aliphatic heterocycles. The van der Waals surface area contributed by atoms with Crippen molar-refractivity contribution in [1.82, 2.24) is 19.9 Å². The molecule has 0 amide bonds. The Labute approximate surface area is 331 Å². The number of allylic oxidation sites excluding steroid dienone is 2. The fraction of sp³-hybridized carbons (Fsp3) is 0.222. The molecule has 2 fully saturated rings. The molecule has 0 radical (unpaired) electrons. The number of hydrogen-bond donors (Lipinski definition) is 2. The second kappa shape index (κ2) is 15.3. The molecule has 282 valence electrons. The van der Waals surface area contributed by atoms with Crippen molar-refractivity contribution >= 4 is 63.5 Å². The van der Waals surface area contributed by atoms with Crippen LogP contribution in [0.15, 0.2) is 147 Å². The van der Waals surface area contributed by atoms with Crippen molar-refractivity contribution < 1.29 is 0 Å². The molecule has 12 nitrogen and oxygen atoms in total. The lowest BCUT2D eigenvalue weighted by molar-refractivity contribution is 0.578. The summed E-state index contributed by atoms with van der Waals surface area (Å²) in [6.45, 7) is 4.17. The lowest BCUT2D eigenvalue weighted by Crippen LogP contribution is -2.42. The quantitative estimate of drug-likeness (QED) is 0.154. The molecular weight excluding hydrogens is 709 g/mol. The molecule has 57 heavy (non-hydrogen) atoms. The minimum absolute atomic E-state index is 0.450. The lowest BCUT2D eigenvalue weighted by Gasteiger charge is -2.33. The number of aliphatic imine (C=N–C) groups is 4. The van der Waals surface area contributed by atoms with Crippen molar-refractivity contribution in [1.29, 1.82) is 0 Å². The topological polar surface area (TPSA) is 122 Å². The number of amidine groups is 1. The number of anilines is 6. The zero-order chi connectivity index (χ0) is 38.0. The fourth-order valence-electron chi connectivity index (χ4n) is 7.97. The first kappa shape index (κ1) is 34.5. The van der Waals surface area contributed by atoms with Crippen molar-refractivity contribution in [3.05, 3.63) is 144 Å². The lowest BCUT2D eigenvalue weighted by atomic mass is 10.0. The highest BCUT2D eigenvalue weighted by atomic mass is 15.4. The number of hydrogen-bond acceptors (Lipinski definition) is 12. The Morgan fingerprint density at radius 3 is 1.67 bits per heavy atom. The zero-order valence-electron chi connectivity index (χ0n) is 31.6. The Morgan fingerprint density at radius 2 is 1.07 bits per heavy atom. The molecule has 0 saturated carbocycles. The van der Waals surface area contributed by atoms with E-state index in [2.05, 4.69) is 83.9 Å². The van der Waals surface area contributed by atoms with Crippen LogP contribution >= 0.6 is 0 Å². The second-order valence-electron chi connectivity index (χ2n) is 14.6. The smallest absolute Gasteiger partial charge is 0.239 e. The largest absolute Gasteiger partial charge is 0.371 e. The molecule has 5 aromatic rings. The summed E-state index contributed by atoms with van der Waals surface area (Å²) in [5, 5.41) is 7.23. The van der Waals surface area contributed by atoms with Crippen LogP contribution in [0, 0.1) is 0 Å². The number of guanidine groups is 2. The molecule has 2 N–H and O–H groups in total. The highest BCUT2D eigenvalue weighted by molar-refractivity contribution is 6.26. The first-order valence-corrected chi connectivity index (χ1v) is 19.9. The van der Waals surface area contributed by atoms with Crippen LogP contribution in [0.1, 0.15) is 55.3 Å². The van der Waals surface area contributed by atoms with Crippen molar-refractivity contribution in [2.45, 2.75) is 38.5 Å². The summed E-state index contributed by atoms with van der Waals surface area (Å²) in [7, 11) is 0. The van der Waals surface area contributed by atoms with Crippen LogP contribution in [-0.4, -0.2) is 69.5 Å². The third-order valence-electron chi connectivity index (χ3n) is 10.8. The molecule has 0 unspecified atom stereocenters. The van der Waals surface area contributed by atoms with Gasteiger partial charge in [0.1, 0.15) is 17.3 Å². The highest BCUT2D eigenvalue weighted by Gasteiger charge is 2.34. The van der Waals surface area contributed by atoms with Crippen LogP contribution in [-0.2, 0) is 0 Å². The van der Waals surface area contributed by atoms with Gasteiger partial charge in [-0.1, -0.05) is 18.2 Å². The van der Waals surface area contributed by atoms with E-state index < -0.39 is 0 Å². The van der Waals surface area contributed by atoms with Gasteiger partial charge in [0, 0.05) is 67.3 Å². The van der Waals surface area contributed by atoms with Crippen molar-refractivity contribution in [3.63, 3.8) is 0 Å². The predicted octanol–water partition coefficient (Wildman–Crippen LogP) is 8.56. The second-order valence-corrected chi connectivity index (χ2v) is 14.6. The molecular formula is C45H42N12. The Balaban J connectivity index is 1.11. The van der Waals surface area contributed by atoms with Gasteiger partial charge in [0.15, 0.2) is 5.84 Å². The van der Waals surface area contributed by atoms with Crippen molar-refractivity contribution in [2.24, 2.45) is 20.0 Å². The number of aromatic nitrogens is 3. The number of pyridine rings is 3. The van der Waals surface area contributed by atoms with Gasteiger partial charge < -0.3 is 20.4 Å². The standard InChI is InChI=1S/C45H42N12/c1-9-23-55(24-10-1)31-16-18-34(37(27-31)49-41-14-4-7-21-47-41)39-29-33-30-40(52-45-54-43(36-13-3-6-20-46-36)53-44(51-39)57(33)45)35-19-17-32(56-25-11-2-12-26-56)28-38(35)50-42-15-5-8-22-48-42/h3-8,13-22,27-30H,1-2,9-12,23-26H2,(H,47,49)(H,48,50). The number of nitrogens with zero attached hydrogens (tertiary/aromatic N) is 10. The molecule has 10 rings (SSSR count). The average molecular weight is 751 g/mol. The number of benzene rings is 2. The van der Waals surface area contributed by atoms with Gasteiger partial charge in [-0.05, 0) is 123 Å². The van der Waals surface area contributed by atoms with Gasteiger partial charge in [-0.2, -0.15) is 9.98 Å². The van der Waals surface area contributed by atoms with Gasteiger partial charge in [-0.25, -0.2) is 24.9 Å². The van der Waals surface area contributed by atoms with Crippen molar-refractivity contribution in [2.75, 3.05) is 46.6 Å². The van der Waals surface area contributed by atoms with E-state index in [1.54, 1.807) is 18.6 Å².